The van der Waals surface area contributed by atoms with Crippen molar-refractivity contribution >= 4 is 6.09 Å². The van der Waals surface area contributed by atoms with E-state index in [-0.39, 0.29) is 18.2 Å². The summed E-state index contributed by atoms with van der Waals surface area (Å²) in [5, 5.41) is 8.25. The van der Waals surface area contributed by atoms with Crippen LogP contribution >= 0.6 is 0 Å². The minimum atomic E-state index is -0.449. The Morgan fingerprint density at radius 2 is 1.95 bits per heavy atom. The molecule has 1 aromatic heterocycles. The predicted molar refractivity (Wildman–Crippen MR) is 81.1 cm³/mol. The summed E-state index contributed by atoms with van der Waals surface area (Å²) < 4.78 is 7.47. The first-order chi connectivity index (χ1) is 10.4. The molecule has 2 aliphatic rings. The van der Waals surface area contributed by atoms with Crippen LogP contribution in [0.15, 0.2) is 6.20 Å². The van der Waals surface area contributed by atoms with Crippen molar-refractivity contribution in [3.63, 3.8) is 0 Å². The van der Waals surface area contributed by atoms with Gasteiger partial charge in [-0.15, -0.1) is 5.10 Å². The molecule has 7 nitrogen and oxygen atoms in total. The lowest BCUT2D eigenvalue weighted by Crippen LogP contribution is -2.48. The van der Waals surface area contributed by atoms with Crippen molar-refractivity contribution in [3.05, 3.63) is 11.9 Å². The third-order valence-corrected chi connectivity index (χ3v) is 4.45. The SMILES string of the molecule is CC(C)(C)OC(=O)N1[C@H]2CC[C@H]1CC(n1cc(CN)nn1)C2. The summed E-state index contributed by atoms with van der Waals surface area (Å²) in [5.41, 5.74) is 5.95. The van der Waals surface area contributed by atoms with Crippen LogP contribution < -0.4 is 5.73 Å². The molecule has 1 amide bonds. The Bertz CT molecular complexity index is 536. The third-order valence-electron chi connectivity index (χ3n) is 4.45. The molecule has 2 saturated heterocycles. The van der Waals surface area contributed by atoms with E-state index in [1.165, 1.54) is 0 Å². The van der Waals surface area contributed by atoms with Crippen LogP contribution in [0, 0.1) is 0 Å². The van der Waals surface area contributed by atoms with Crippen molar-refractivity contribution in [2.75, 3.05) is 0 Å². The van der Waals surface area contributed by atoms with Crippen molar-refractivity contribution in [2.24, 2.45) is 5.73 Å². The Balaban J connectivity index is 1.70. The maximum Gasteiger partial charge on any atom is 0.410 e. The lowest BCUT2D eigenvalue weighted by Gasteiger charge is -2.39. The van der Waals surface area contributed by atoms with Crippen molar-refractivity contribution in [1.82, 2.24) is 19.9 Å². The normalized spacial score (nSPS) is 28.0. The fraction of sp³-hybridized carbons (Fsp3) is 0.800. The molecule has 0 aromatic carbocycles. The summed E-state index contributed by atoms with van der Waals surface area (Å²) in [6.45, 7) is 6.12. The highest BCUT2D eigenvalue weighted by molar-refractivity contribution is 5.69. The zero-order chi connectivity index (χ0) is 15.9. The van der Waals surface area contributed by atoms with Gasteiger partial charge < -0.3 is 15.4 Å². The lowest BCUT2D eigenvalue weighted by molar-refractivity contribution is 0.00223. The van der Waals surface area contributed by atoms with E-state index in [9.17, 15) is 4.79 Å². The van der Waals surface area contributed by atoms with Crippen LogP contribution in [0.5, 0.6) is 0 Å². The summed E-state index contributed by atoms with van der Waals surface area (Å²) >= 11 is 0. The van der Waals surface area contributed by atoms with Gasteiger partial charge in [-0.2, -0.15) is 0 Å². The lowest BCUT2D eigenvalue weighted by atomic mass is 9.98. The van der Waals surface area contributed by atoms with Gasteiger partial charge in [0.2, 0.25) is 0 Å². The number of amides is 1. The number of hydrogen-bond donors (Lipinski definition) is 1. The van der Waals surface area contributed by atoms with Gasteiger partial charge in [0.1, 0.15) is 5.60 Å². The molecule has 3 rings (SSSR count). The number of rotatable bonds is 2. The number of hydrogen-bond acceptors (Lipinski definition) is 5. The summed E-state index contributed by atoms with van der Waals surface area (Å²) in [5.74, 6) is 0. The van der Waals surface area contributed by atoms with Crippen LogP contribution in [0.1, 0.15) is 58.2 Å². The molecule has 0 unspecified atom stereocenters. The Labute approximate surface area is 130 Å². The van der Waals surface area contributed by atoms with Gasteiger partial charge in [-0.25, -0.2) is 9.48 Å². The Morgan fingerprint density at radius 1 is 1.32 bits per heavy atom. The molecule has 1 aromatic rings. The van der Waals surface area contributed by atoms with E-state index in [1.807, 2.05) is 36.5 Å². The quantitative estimate of drug-likeness (QED) is 0.901. The van der Waals surface area contributed by atoms with Crippen LogP contribution in [0.25, 0.3) is 0 Å². The van der Waals surface area contributed by atoms with Crippen LogP contribution in [0.3, 0.4) is 0 Å². The number of ether oxygens (including phenoxy) is 1. The van der Waals surface area contributed by atoms with E-state index in [2.05, 4.69) is 10.3 Å². The minimum absolute atomic E-state index is 0.181. The summed E-state index contributed by atoms with van der Waals surface area (Å²) in [7, 11) is 0. The smallest absolute Gasteiger partial charge is 0.410 e. The molecule has 2 atom stereocenters. The van der Waals surface area contributed by atoms with Crippen LogP contribution in [-0.4, -0.2) is 43.7 Å². The van der Waals surface area contributed by atoms with E-state index < -0.39 is 5.60 Å². The number of nitrogens with two attached hydrogens (primary N) is 1. The Kier molecular flexibility index (Phi) is 3.84. The Morgan fingerprint density at radius 3 is 2.45 bits per heavy atom. The van der Waals surface area contributed by atoms with Crippen LogP contribution in [0.4, 0.5) is 4.79 Å². The molecule has 0 saturated carbocycles. The fourth-order valence-electron chi connectivity index (χ4n) is 3.56. The van der Waals surface area contributed by atoms with Crippen molar-refractivity contribution in [2.45, 2.75) is 76.7 Å². The number of carbonyl (C=O) groups excluding carboxylic acids is 1. The monoisotopic (exact) mass is 307 g/mol. The van der Waals surface area contributed by atoms with E-state index in [4.69, 9.17) is 10.5 Å². The predicted octanol–water partition coefficient (Wildman–Crippen LogP) is 1.84. The van der Waals surface area contributed by atoms with Crippen molar-refractivity contribution < 1.29 is 9.53 Å². The highest BCUT2D eigenvalue weighted by atomic mass is 16.6. The molecular weight excluding hydrogens is 282 g/mol. The zero-order valence-corrected chi connectivity index (χ0v) is 13.5. The van der Waals surface area contributed by atoms with E-state index >= 15 is 0 Å². The molecule has 2 N–H and O–H groups in total. The Hall–Kier alpha value is -1.63. The molecule has 2 bridgehead atoms. The van der Waals surface area contributed by atoms with Gasteiger partial charge in [0.05, 0.1) is 17.9 Å². The maximum absolute atomic E-state index is 12.4. The number of nitrogens with zero attached hydrogens (tertiary/aromatic N) is 4. The second-order valence-corrected chi connectivity index (χ2v) is 7.29. The van der Waals surface area contributed by atoms with E-state index in [1.54, 1.807) is 0 Å². The second kappa shape index (κ2) is 5.53. The molecule has 22 heavy (non-hydrogen) atoms. The summed E-state index contributed by atoms with van der Waals surface area (Å²) in [6.07, 6.45) is 5.64. The van der Waals surface area contributed by atoms with Gasteiger partial charge in [0.25, 0.3) is 0 Å². The topological polar surface area (TPSA) is 86.3 Å². The highest BCUT2D eigenvalue weighted by Crippen LogP contribution is 2.41. The average Bonchev–Trinajstić information content (AvgIpc) is 3.00. The van der Waals surface area contributed by atoms with E-state index in [0.717, 1.165) is 31.4 Å². The third kappa shape index (κ3) is 2.95. The largest absolute Gasteiger partial charge is 0.444 e. The highest BCUT2D eigenvalue weighted by Gasteiger charge is 2.45. The fourth-order valence-corrected chi connectivity index (χ4v) is 3.56. The minimum Gasteiger partial charge on any atom is -0.444 e. The molecule has 2 fully saturated rings. The first kappa shape index (κ1) is 15.3. The van der Waals surface area contributed by atoms with Crippen molar-refractivity contribution in [1.29, 1.82) is 0 Å². The number of aromatic nitrogens is 3. The zero-order valence-electron chi connectivity index (χ0n) is 13.5. The maximum atomic E-state index is 12.4. The second-order valence-electron chi connectivity index (χ2n) is 7.29. The van der Waals surface area contributed by atoms with Gasteiger partial charge in [-0.1, -0.05) is 5.21 Å². The number of piperidine rings is 1. The number of fused-ring (bicyclic) bond motifs is 2. The standard InChI is InChI=1S/C15H25N5O2/c1-15(2,3)22-14(21)20-11-4-5-12(20)7-13(6-11)19-9-10(8-16)17-18-19/h9,11-13H,4-8,16H2,1-3H3/t11-,12-/m0/s1. The molecule has 3 heterocycles. The summed E-state index contributed by atoms with van der Waals surface area (Å²) in [4.78, 5) is 14.4. The molecule has 0 spiro atoms. The first-order valence-corrected chi connectivity index (χ1v) is 7.99. The van der Waals surface area contributed by atoms with Crippen molar-refractivity contribution in [3.8, 4) is 0 Å². The van der Waals surface area contributed by atoms with Gasteiger partial charge in [-0.3, -0.25) is 0 Å². The number of carbonyl (C=O) groups is 1. The van der Waals surface area contributed by atoms with Gasteiger partial charge >= 0.3 is 6.09 Å². The molecule has 0 radical (unpaired) electrons. The van der Waals surface area contributed by atoms with Crippen LogP contribution in [0.2, 0.25) is 0 Å². The average molecular weight is 307 g/mol. The molecule has 0 aliphatic carbocycles. The van der Waals surface area contributed by atoms with E-state index in [0.29, 0.717) is 12.6 Å². The summed E-state index contributed by atoms with van der Waals surface area (Å²) in [6, 6.07) is 0.775. The molecule has 7 heteroatoms. The molecular formula is C15H25N5O2. The van der Waals surface area contributed by atoms with Gasteiger partial charge in [-0.05, 0) is 46.5 Å². The van der Waals surface area contributed by atoms with Gasteiger partial charge in [0.15, 0.2) is 0 Å². The molecule has 122 valence electrons. The first-order valence-electron chi connectivity index (χ1n) is 7.99. The van der Waals surface area contributed by atoms with Gasteiger partial charge in [0, 0.05) is 18.6 Å². The molecule has 2 aliphatic heterocycles. The van der Waals surface area contributed by atoms with Crippen LogP contribution in [-0.2, 0) is 11.3 Å².